The SMILES string of the molecule is CC(C)CN(CCC(N)=S)C(=O)C1CCCO1. The third-order valence-corrected chi connectivity index (χ3v) is 2.93. The van der Waals surface area contributed by atoms with E-state index in [0.717, 1.165) is 19.4 Å². The Morgan fingerprint density at radius 1 is 1.59 bits per heavy atom. The van der Waals surface area contributed by atoms with Crippen molar-refractivity contribution in [2.75, 3.05) is 19.7 Å². The largest absolute Gasteiger partial charge is 0.393 e. The maximum absolute atomic E-state index is 12.2. The van der Waals surface area contributed by atoms with Crippen molar-refractivity contribution in [3.8, 4) is 0 Å². The number of amides is 1. The van der Waals surface area contributed by atoms with Crippen LogP contribution in [0.15, 0.2) is 0 Å². The molecule has 0 aromatic carbocycles. The van der Waals surface area contributed by atoms with Gasteiger partial charge >= 0.3 is 0 Å². The Morgan fingerprint density at radius 3 is 2.76 bits per heavy atom. The summed E-state index contributed by atoms with van der Waals surface area (Å²) in [4.78, 5) is 14.5. The molecule has 1 aliphatic heterocycles. The van der Waals surface area contributed by atoms with Crippen LogP contribution in [0.4, 0.5) is 0 Å². The molecule has 1 aliphatic rings. The van der Waals surface area contributed by atoms with E-state index < -0.39 is 0 Å². The lowest BCUT2D eigenvalue weighted by atomic mass is 10.1. The van der Waals surface area contributed by atoms with Gasteiger partial charge in [0.25, 0.3) is 5.91 Å². The number of nitrogens with two attached hydrogens (primary N) is 1. The fraction of sp³-hybridized carbons (Fsp3) is 0.833. The van der Waals surface area contributed by atoms with Crippen molar-refractivity contribution >= 4 is 23.1 Å². The predicted molar refractivity (Wildman–Crippen MR) is 71.8 cm³/mol. The molecule has 0 bridgehead atoms. The van der Waals surface area contributed by atoms with Crippen LogP contribution in [-0.4, -0.2) is 41.6 Å². The van der Waals surface area contributed by atoms with Crippen molar-refractivity contribution in [2.45, 2.75) is 39.2 Å². The van der Waals surface area contributed by atoms with Gasteiger partial charge < -0.3 is 15.4 Å². The summed E-state index contributed by atoms with van der Waals surface area (Å²) in [5, 5.41) is 0. The lowest BCUT2D eigenvalue weighted by Gasteiger charge is -2.26. The average molecular weight is 258 g/mol. The number of carbonyl (C=O) groups excluding carboxylic acids is 1. The first-order valence-corrected chi connectivity index (χ1v) is 6.60. The highest BCUT2D eigenvalue weighted by atomic mass is 32.1. The molecule has 0 spiro atoms. The first-order chi connectivity index (χ1) is 8.00. The molecule has 1 unspecified atom stereocenters. The highest BCUT2D eigenvalue weighted by Crippen LogP contribution is 2.15. The average Bonchev–Trinajstić information content (AvgIpc) is 2.75. The number of nitrogens with zero attached hydrogens (tertiary/aromatic N) is 1. The summed E-state index contributed by atoms with van der Waals surface area (Å²) in [6.45, 7) is 6.22. The molecule has 1 fully saturated rings. The summed E-state index contributed by atoms with van der Waals surface area (Å²) < 4.78 is 5.43. The Labute approximate surface area is 108 Å². The molecular weight excluding hydrogens is 236 g/mol. The van der Waals surface area contributed by atoms with Gasteiger partial charge in [0.15, 0.2) is 0 Å². The fourth-order valence-electron chi connectivity index (χ4n) is 1.95. The first-order valence-electron chi connectivity index (χ1n) is 6.19. The van der Waals surface area contributed by atoms with E-state index in [1.807, 2.05) is 4.90 Å². The highest BCUT2D eigenvalue weighted by molar-refractivity contribution is 7.80. The molecule has 17 heavy (non-hydrogen) atoms. The van der Waals surface area contributed by atoms with Crippen molar-refractivity contribution in [3.63, 3.8) is 0 Å². The van der Waals surface area contributed by atoms with Crippen molar-refractivity contribution in [1.29, 1.82) is 0 Å². The molecule has 1 heterocycles. The van der Waals surface area contributed by atoms with Crippen LogP contribution < -0.4 is 5.73 Å². The smallest absolute Gasteiger partial charge is 0.251 e. The predicted octanol–water partition coefficient (Wildman–Crippen LogP) is 1.33. The van der Waals surface area contributed by atoms with Crippen LogP contribution in [0.3, 0.4) is 0 Å². The molecule has 1 atom stereocenters. The number of hydrogen-bond donors (Lipinski definition) is 1. The Hall–Kier alpha value is -0.680. The van der Waals surface area contributed by atoms with Crippen LogP contribution in [0.2, 0.25) is 0 Å². The van der Waals surface area contributed by atoms with Crippen LogP contribution in [0, 0.1) is 5.92 Å². The molecule has 5 heteroatoms. The van der Waals surface area contributed by atoms with Crippen molar-refractivity contribution in [3.05, 3.63) is 0 Å². The Bertz CT molecular complexity index is 276. The molecule has 0 aromatic heterocycles. The van der Waals surface area contributed by atoms with Gasteiger partial charge in [-0.1, -0.05) is 26.1 Å². The number of carbonyl (C=O) groups is 1. The first kappa shape index (κ1) is 14.4. The molecule has 0 aromatic rings. The quantitative estimate of drug-likeness (QED) is 0.730. The molecule has 98 valence electrons. The molecule has 1 saturated heterocycles. The Kier molecular flexibility index (Phi) is 5.85. The molecule has 2 N–H and O–H groups in total. The van der Waals surface area contributed by atoms with E-state index in [0.29, 0.717) is 30.5 Å². The molecular formula is C12H22N2O2S. The summed E-state index contributed by atoms with van der Waals surface area (Å²) in [5.41, 5.74) is 5.49. The zero-order chi connectivity index (χ0) is 12.8. The molecule has 0 aliphatic carbocycles. The van der Waals surface area contributed by atoms with Crippen LogP contribution in [-0.2, 0) is 9.53 Å². The summed E-state index contributed by atoms with van der Waals surface area (Å²) in [6, 6.07) is 0. The van der Waals surface area contributed by atoms with Gasteiger partial charge in [0.1, 0.15) is 6.10 Å². The maximum Gasteiger partial charge on any atom is 0.251 e. The highest BCUT2D eigenvalue weighted by Gasteiger charge is 2.28. The number of ether oxygens (including phenoxy) is 1. The van der Waals surface area contributed by atoms with E-state index in [-0.39, 0.29) is 12.0 Å². The van der Waals surface area contributed by atoms with E-state index in [9.17, 15) is 4.79 Å². The van der Waals surface area contributed by atoms with E-state index in [2.05, 4.69) is 13.8 Å². The van der Waals surface area contributed by atoms with E-state index in [1.54, 1.807) is 0 Å². The van der Waals surface area contributed by atoms with Crippen LogP contribution >= 0.6 is 12.2 Å². The standard InChI is InChI=1S/C12H22N2O2S/c1-9(2)8-14(6-5-11(13)17)12(15)10-4-3-7-16-10/h9-10H,3-8H2,1-2H3,(H2,13,17). The summed E-state index contributed by atoms with van der Waals surface area (Å²) >= 11 is 4.86. The van der Waals surface area contributed by atoms with E-state index in [4.69, 9.17) is 22.7 Å². The topological polar surface area (TPSA) is 55.6 Å². The fourth-order valence-corrected chi connectivity index (χ4v) is 2.04. The minimum atomic E-state index is -0.250. The van der Waals surface area contributed by atoms with Gasteiger partial charge in [-0.15, -0.1) is 0 Å². The lowest BCUT2D eigenvalue weighted by Crippen LogP contribution is -2.42. The Balaban J connectivity index is 2.53. The summed E-state index contributed by atoms with van der Waals surface area (Å²) in [7, 11) is 0. The number of hydrogen-bond acceptors (Lipinski definition) is 3. The minimum absolute atomic E-state index is 0.0902. The van der Waals surface area contributed by atoms with Gasteiger partial charge in [-0.3, -0.25) is 4.79 Å². The van der Waals surface area contributed by atoms with Gasteiger partial charge in [-0.05, 0) is 18.8 Å². The number of rotatable bonds is 6. The van der Waals surface area contributed by atoms with Gasteiger partial charge in [0.2, 0.25) is 0 Å². The zero-order valence-electron chi connectivity index (χ0n) is 10.6. The molecule has 1 rings (SSSR count). The van der Waals surface area contributed by atoms with Gasteiger partial charge in [0, 0.05) is 26.1 Å². The second-order valence-electron chi connectivity index (χ2n) is 4.90. The molecule has 0 radical (unpaired) electrons. The van der Waals surface area contributed by atoms with Crippen molar-refractivity contribution in [2.24, 2.45) is 11.7 Å². The summed E-state index contributed by atoms with van der Waals surface area (Å²) in [5.74, 6) is 0.527. The molecule has 1 amide bonds. The van der Waals surface area contributed by atoms with Gasteiger partial charge in [-0.2, -0.15) is 0 Å². The second-order valence-corrected chi connectivity index (χ2v) is 5.42. The van der Waals surface area contributed by atoms with Crippen molar-refractivity contribution in [1.82, 2.24) is 4.90 Å². The van der Waals surface area contributed by atoms with Crippen molar-refractivity contribution < 1.29 is 9.53 Å². The summed E-state index contributed by atoms with van der Waals surface area (Å²) in [6.07, 6.45) is 2.14. The third-order valence-electron chi connectivity index (χ3n) is 2.73. The van der Waals surface area contributed by atoms with E-state index >= 15 is 0 Å². The van der Waals surface area contributed by atoms with E-state index in [1.165, 1.54) is 0 Å². The third kappa shape index (κ3) is 5.00. The second kappa shape index (κ2) is 6.91. The molecule has 0 saturated carbocycles. The van der Waals surface area contributed by atoms with Gasteiger partial charge in [-0.25, -0.2) is 0 Å². The Morgan fingerprint density at radius 2 is 2.29 bits per heavy atom. The maximum atomic E-state index is 12.2. The lowest BCUT2D eigenvalue weighted by molar-refractivity contribution is -0.141. The number of thiocarbonyl (C=S) groups is 1. The minimum Gasteiger partial charge on any atom is -0.393 e. The van der Waals surface area contributed by atoms with Crippen LogP contribution in [0.1, 0.15) is 33.1 Å². The van der Waals surface area contributed by atoms with Crippen LogP contribution in [0.5, 0.6) is 0 Å². The normalized spacial score (nSPS) is 19.6. The van der Waals surface area contributed by atoms with Gasteiger partial charge in [0.05, 0.1) is 4.99 Å². The monoisotopic (exact) mass is 258 g/mol. The van der Waals surface area contributed by atoms with Crippen LogP contribution in [0.25, 0.3) is 0 Å². The molecule has 4 nitrogen and oxygen atoms in total. The zero-order valence-corrected chi connectivity index (χ0v) is 11.5.